The van der Waals surface area contributed by atoms with Crippen molar-refractivity contribution in [2.24, 2.45) is 5.41 Å². The van der Waals surface area contributed by atoms with Gasteiger partial charge >= 0.3 is 0 Å². The summed E-state index contributed by atoms with van der Waals surface area (Å²) in [6.45, 7) is 9.17. The molecular formula is C31H34N4. The molecule has 4 nitrogen and oxygen atoms in total. The van der Waals surface area contributed by atoms with Crippen molar-refractivity contribution in [2.75, 3.05) is 9.80 Å². The highest BCUT2D eigenvalue weighted by Crippen LogP contribution is 2.57. The molecule has 1 aromatic heterocycles. The highest BCUT2D eigenvalue weighted by molar-refractivity contribution is 5.91. The van der Waals surface area contributed by atoms with Crippen LogP contribution in [-0.2, 0) is 19.3 Å². The van der Waals surface area contributed by atoms with Gasteiger partial charge in [0.2, 0.25) is 0 Å². The van der Waals surface area contributed by atoms with Gasteiger partial charge in [0.05, 0.1) is 11.0 Å². The van der Waals surface area contributed by atoms with Gasteiger partial charge in [-0.3, -0.25) is 0 Å². The van der Waals surface area contributed by atoms with E-state index in [0.717, 1.165) is 54.8 Å². The average Bonchev–Trinajstić information content (AvgIpc) is 3.26. The summed E-state index contributed by atoms with van der Waals surface area (Å²) in [6.07, 6.45) is 5.43. The topological polar surface area (TPSA) is 32.3 Å². The first-order valence-electron chi connectivity index (χ1n) is 13.2. The normalized spacial score (nSPS) is 17.9. The third-order valence-corrected chi connectivity index (χ3v) is 8.39. The molecule has 0 aliphatic carbocycles. The van der Waals surface area contributed by atoms with Crippen molar-refractivity contribution in [2.45, 2.75) is 66.0 Å². The van der Waals surface area contributed by atoms with Crippen molar-refractivity contribution in [3.8, 4) is 0 Å². The zero-order chi connectivity index (χ0) is 24.2. The number of anilines is 4. The van der Waals surface area contributed by atoms with Gasteiger partial charge in [-0.2, -0.15) is 0 Å². The molecule has 178 valence electrons. The lowest BCUT2D eigenvalue weighted by molar-refractivity contribution is 0.197. The summed E-state index contributed by atoms with van der Waals surface area (Å²) in [5.41, 5.74) is 8.62. The Labute approximate surface area is 208 Å². The summed E-state index contributed by atoms with van der Waals surface area (Å²) in [5.74, 6) is 1.96. The molecule has 0 saturated carbocycles. The van der Waals surface area contributed by atoms with E-state index in [4.69, 9.17) is 9.97 Å². The molecule has 0 bridgehead atoms. The molecular weight excluding hydrogens is 428 g/mol. The number of para-hydroxylation sites is 2. The summed E-state index contributed by atoms with van der Waals surface area (Å²) in [5, 5.41) is 0. The van der Waals surface area contributed by atoms with E-state index < -0.39 is 0 Å². The third kappa shape index (κ3) is 3.26. The number of aromatic nitrogens is 2. The van der Waals surface area contributed by atoms with Crippen LogP contribution in [0.15, 0.2) is 66.7 Å². The molecule has 0 amide bonds. The zero-order valence-corrected chi connectivity index (χ0v) is 21.3. The first-order valence-corrected chi connectivity index (χ1v) is 13.2. The summed E-state index contributed by atoms with van der Waals surface area (Å²) < 4.78 is 0. The van der Waals surface area contributed by atoms with Crippen LogP contribution in [-0.4, -0.2) is 16.1 Å². The fourth-order valence-electron chi connectivity index (χ4n) is 6.17. The molecule has 0 spiro atoms. The minimum Gasteiger partial charge on any atom is -0.301 e. The first-order chi connectivity index (χ1) is 17.1. The Morgan fingerprint density at radius 1 is 0.743 bits per heavy atom. The summed E-state index contributed by atoms with van der Waals surface area (Å²) in [6, 6.07) is 24.3. The Kier molecular flexibility index (Phi) is 5.28. The van der Waals surface area contributed by atoms with Gasteiger partial charge < -0.3 is 9.80 Å². The van der Waals surface area contributed by atoms with E-state index in [1.165, 1.54) is 28.1 Å². The molecule has 4 heteroatoms. The molecule has 0 saturated heterocycles. The molecule has 3 aromatic carbocycles. The second-order valence-electron chi connectivity index (χ2n) is 10.1. The maximum Gasteiger partial charge on any atom is 0.179 e. The van der Waals surface area contributed by atoms with Gasteiger partial charge in [-0.1, -0.05) is 64.1 Å². The maximum absolute atomic E-state index is 5.27. The number of hydrogen-bond acceptors (Lipinski definition) is 4. The Hall–Kier alpha value is -3.40. The number of benzene rings is 3. The van der Waals surface area contributed by atoms with Gasteiger partial charge in [0, 0.05) is 16.8 Å². The molecule has 1 unspecified atom stereocenters. The second-order valence-corrected chi connectivity index (χ2v) is 10.1. The van der Waals surface area contributed by atoms with Crippen molar-refractivity contribution in [3.63, 3.8) is 0 Å². The molecule has 6 rings (SSSR count). The van der Waals surface area contributed by atoms with Crippen LogP contribution in [0.1, 0.15) is 57.2 Å². The minimum atomic E-state index is 0.0809. The number of aryl methyl sites for hydroxylation is 2. The van der Waals surface area contributed by atoms with Crippen molar-refractivity contribution < 1.29 is 0 Å². The second kappa shape index (κ2) is 8.37. The quantitative estimate of drug-likeness (QED) is 0.304. The maximum atomic E-state index is 5.27. The van der Waals surface area contributed by atoms with Crippen molar-refractivity contribution >= 4 is 34.0 Å². The van der Waals surface area contributed by atoms with Crippen LogP contribution in [0.4, 0.5) is 23.0 Å². The van der Waals surface area contributed by atoms with Gasteiger partial charge in [0.25, 0.3) is 0 Å². The smallest absolute Gasteiger partial charge is 0.179 e. The van der Waals surface area contributed by atoms with Gasteiger partial charge in [-0.05, 0) is 79.1 Å². The average molecular weight is 463 g/mol. The highest BCUT2D eigenvalue weighted by Gasteiger charge is 2.54. The largest absolute Gasteiger partial charge is 0.301 e. The molecule has 2 aliphatic heterocycles. The SMILES string of the molecule is CCc1cccc(N2c3nc4ccccc4nc3N3c4cc(CC)ccc4CC(CC)(CC)C23)c1. The number of rotatable bonds is 5. The van der Waals surface area contributed by atoms with Gasteiger partial charge in [0.1, 0.15) is 6.17 Å². The Bertz CT molecular complexity index is 1400. The Morgan fingerprint density at radius 2 is 1.40 bits per heavy atom. The first kappa shape index (κ1) is 22.1. The number of hydrogen-bond donors (Lipinski definition) is 0. The van der Waals surface area contributed by atoms with E-state index in [-0.39, 0.29) is 11.6 Å². The molecule has 2 aliphatic rings. The fourth-order valence-corrected chi connectivity index (χ4v) is 6.17. The van der Waals surface area contributed by atoms with Gasteiger partial charge in [-0.25, -0.2) is 9.97 Å². The van der Waals surface area contributed by atoms with E-state index in [1.54, 1.807) is 0 Å². The van der Waals surface area contributed by atoms with E-state index in [2.05, 4.69) is 104 Å². The van der Waals surface area contributed by atoms with E-state index in [9.17, 15) is 0 Å². The minimum absolute atomic E-state index is 0.0809. The van der Waals surface area contributed by atoms with Crippen LogP contribution < -0.4 is 9.80 Å². The van der Waals surface area contributed by atoms with Crippen LogP contribution in [0.25, 0.3) is 11.0 Å². The number of nitrogens with zero attached hydrogens (tertiary/aromatic N) is 4. The predicted molar refractivity (Wildman–Crippen MR) is 146 cm³/mol. The number of fused-ring (bicyclic) bond motifs is 6. The lowest BCUT2D eigenvalue weighted by Crippen LogP contribution is -2.55. The summed E-state index contributed by atoms with van der Waals surface area (Å²) >= 11 is 0. The van der Waals surface area contributed by atoms with E-state index >= 15 is 0 Å². The van der Waals surface area contributed by atoms with Gasteiger partial charge in [-0.15, -0.1) is 0 Å². The van der Waals surface area contributed by atoms with Crippen LogP contribution in [0.3, 0.4) is 0 Å². The molecule has 0 N–H and O–H groups in total. The van der Waals surface area contributed by atoms with Crippen molar-refractivity contribution in [1.29, 1.82) is 0 Å². The molecule has 0 fully saturated rings. The molecule has 3 heterocycles. The van der Waals surface area contributed by atoms with Crippen LogP contribution in [0.2, 0.25) is 0 Å². The molecule has 0 radical (unpaired) electrons. The highest BCUT2D eigenvalue weighted by atomic mass is 15.5. The van der Waals surface area contributed by atoms with Crippen molar-refractivity contribution in [1.82, 2.24) is 9.97 Å². The monoisotopic (exact) mass is 462 g/mol. The van der Waals surface area contributed by atoms with Crippen LogP contribution >= 0.6 is 0 Å². The lowest BCUT2D eigenvalue weighted by Gasteiger charge is -2.50. The van der Waals surface area contributed by atoms with Crippen LogP contribution in [0.5, 0.6) is 0 Å². The van der Waals surface area contributed by atoms with E-state index in [1.807, 2.05) is 0 Å². The van der Waals surface area contributed by atoms with Crippen LogP contribution in [0, 0.1) is 5.41 Å². The molecule has 35 heavy (non-hydrogen) atoms. The standard InChI is InChI=1S/C31H34N4/c1-5-21-12-11-13-24(18-21)34-28-29(33-26-15-10-9-14-25(26)32-28)35-27-19-22(6-2)16-17-23(27)20-31(7-3,8-4)30(34)35/h9-19,30H,5-8,20H2,1-4H3. The fraction of sp³-hybridized carbons (Fsp3) is 0.355. The Morgan fingerprint density at radius 3 is 2.06 bits per heavy atom. The molecule has 4 aromatic rings. The van der Waals surface area contributed by atoms with E-state index in [0.29, 0.717) is 0 Å². The zero-order valence-electron chi connectivity index (χ0n) is 21.3. The van der Waals surface area contributed by atoms with Gasteiger partial charge in [0.15, 0.2) is 11.6 Å². The lowest BCUT2D eigenvalue weighted by atomic mass is 9.70. The van der Waals surface area contributed by atoms with Crippen molar-refractivity contribution in [3.05, 3.63) is 83.4 Å². The molecule has 1 atom stereocenters. The third-order valence-electron chi connectivity index (χ3n) is 8.39. The Balaban J connectivity index is 1.68. The summed E-state index contributed by atoms with van der Waals surface area (Å²) in [7, 11) is 0. The summed E-state index contributed by atoms with van der Waals surface area (Å²) in [4.78, 5) is 15.6. The predicted octanol–water partition coefficient (Wildman–Crippen LogP) is 7.73.